The Balaban J connectivity index is 2.04. The van der Waals surface area contributed by atoms with Gasteiger partial charge in [-0.3, -0.25) is 4.98 Å². The highest BCUT2D eigenvalue weighted by Gasteiger charge is 2.27. The van der Waals surface area contributed by atoms with Crippen LogP contribution in [0.2, 0.25) is 5.15 Å². The third-order valence-corrected chi connectivity index (χ3v) is 4.03. The van der Waals surface area contributed by atoms with E-state index in [2.05, 4.69) is 16.0 Å². The van der Waals surface area contributed by atoms with Crippen molar-refractivity contribution in [2.75, 3.05) is 0 Å². The van der Waals surface area contributed by atoms with E-state index in [1.54, 1.807) is 11.3 Å². The standard InChI is InChI=1S/C11H9ClN2S/c12-9-6-15-11(14-9)8-4-3-7-2-1-5-13-10(7)8/h1-2,5-6,8H,3-4H2. The molecule has 1 atom stereocenters. The first kappa shape index (κ1) is 9.31. The number of hydrogen-bond acceptors (Lipinski definition) is 3. The summed E-state index contributed by atoms with van der Waals surface area (Å²) in [5.41, 5.74) is 2.54. The molecule has 2 aromatic rings. The fraction of sp³-hybridized carbons (Fsp3) is 0.273. The van der Waals surface area contributed by atoms with Crippen molar-refractivity contribution in [2.24, 2.45) is 0 Å². The van der Waals surface area contributed by atoms with Crippen LogP contribution in [0.1, 0.15) is 28.6 Å². The third-order valence-electron chi connectivity index (χ3n) is 2.75. The van der Waals surface area contributed by atoms with Gasteiger partial charge in [0.1, 0.15) is 10.2 Å². The van der Waals surface area contributed by atoms with E-state index in [0.717, 1.165) is 17.8 Å². The van der Waals surface area contributed by atoms with Gasteiger partial charge in [0.05, 0.1) is 11.6 Å². The fourth-order valence-electron chi connectivity index (χ4n) is 2.08. The molecule has 76 valence electrons. The Morgan fingerprint density at radius 3 is 3.20 bits per heavy atom. The Kier molecular flexibility index (Phi) is 2.22. The van der Waals surface area contributed by atoms with Crippen molar-refractivity contribution in [1.82, 2.24) is 9.97 Å². The van der Waals surface area contributed by atoms with Gasteiger partial charge in [0, 0.05) is 11.6 Å². The molecular formula is C11H9ClN2S. The molecule has 0 aromatic carbocycles. The largest absolute Gasteiger partial charge is 0.260 e. The number of rotatable bonds is 1. The number of hydrogen-bond donors (Lipinski definition) is 0. The van der Waals surface area contributed by atoms with Crippen LogP contribution in [0.4, 0.5) is 0 Å². The molecule has 2 aromatic heterocycles. The molecule has 4 heteroatoms. The number of halogens is 1. The molecule has 0 N–H and O–H groups in total. The molecule has 0 aliphatic heterocycles. The number of pyridine rings is 1. The summed E-state index contributed by atoms with van der Waals surface area (Å²) in [4.78, 5) is 8.79. The van der Waals surface area contributed by atoms with Gasteiger partial charge in [-0.1, -0.05) is 17.7 Å². The van der Waals surface area contributed by atoms with E-state index in [4.69, 9.17) is 11.6 Å². The normalized spacial score (nSPS) is 19.1. The lowest BCUT2D eigenvalue weighted by Crippen LogP contribution is -1.97. The van der Waals surface area contributed by atoms with Gasteiger partial charge in [0.2, 0.25) is 0 Å². The highest BCUT2D eigenvalue weighted by molar-refractivity contribution is 7.10. The van der Waals surface area contributed by atoms with E-state index in [1.807, 2.05) is 17.6 Å². The maximum Gasteiger partial charge on any atom is 0.140 e. The van der Waals surface area contributed by atoms with E-state index >= 15 is 0 Å². The van der Waals surface area contributed by atoms with Crippen molar-refractivity contribution < 1.29 is 0 Å². The molecule has 0 bridgehead atoms. The number of aryl methyl sites for hydroxylation is 1. The molecule has 0 saturated carbocycles. The molecule has 2 nitrogen and oxygen atoms in total. The summed E-state index contributed by atoms with van der Waals surface area (Å²) in [5, 5.41) is 3.58. The van der Waals surface area contributed by atoms with E-state index in [1.165, 1.54) is 11.3 Å². The zero-order valence-electron chi connectivity index (χ0n) is 7.98. The van der Waals surface area contributed by atoms with Crippen LogP contribution in [0.15, 0.2) is 23.7 Å². The van der Waals surface area contributed by atoms with Crippen molar-refractivity contribution >= 4 is 22.9 Å². The minimum Gasteiger partial charge on any atom is -0.260 e. The summed E-state index contributed by atoms with van der Waals surface area (Å²) >= 11 is 7.47. The summed E-state index contributed by atoms with van der Waals surface area (Å²) in [7, 11) is 0. The summed E-state index contributed by atoms with van der Waals surface area (Å²) in [6, 6.07) is 4.15. The molecule has 0 radical (unpaired) electrons. The van der Waals surface area contributed by atoms with E-state index < -0.39 is 0 Å². The molecule has 3 rings (SSSR count). The Labute approximate surface area is 97.0 Å². The minimum absolute atomic E-state index is 0.360. The van der Waals surface area contributed by atoms with Gasteiger partial charge in [-0.15, -0.1) is 11.3 Å². The summed E-state index contributed by atoms with van der Waals surface area (Å²) in [6.07, 6.45) is 4.06. The molecule has 0 spiro atoms. The summed E-state index contributed by atoms with van der Waals surface area (Å²) in [5.74, 6) is 0.360. The second-order valence-corrected chi connectivity index (χ2v) is 4.92. The topological polar surface area (TPSA) is 25.8 Å². The average Bonchev–Trinajstić information content (AvgIpc) is 2.83. The van der Waals surface area contributed by atoms with Gasteiger partial charge in [0.25, 0.3) is 0 Å². The van der Waals surface area contributed by atoms with Gasteiger partial charge in [-0.25, -0.2) is 4.98 Å². The lowest BCUT2D eigenvalue weighted by atomic mass is 10.1. The minimum atomic E-state index is 0.360. The van der Waals surface area contributed by atoms with Crippen LogP contribution in [-0.4, -0.2) is 9.97 Å². The van der Waals surface area contributed by atoms with Crippen LogP contribution in [0.25, 0.3) is 0 Å². The summed E-state index contributed by atoms with van der Waals surface area (Å²) in [6.45, 7) is 0. The van der Waals surface area contributed by atoms with E-state index in [9.17, 15) is 0 Å². The van der Waals surface area contributed by atoms with Gasteiger partial charge in [-0.2, -0.15) is 0 Å². The highest BCUT2D eigenvalue weighted by atomic mass is 35.5. The van der Waals surface area contributed by atoms with Crippen LogP contribution >= 0.6 is 22.9 Å². The van der Waals surface area contributed by atoms with Crippen LogP contribution < -0.4 is 0 Å². The van der Waals surface area contributed by atoms with Crippen molar-refractivity contribution in [3.8, 4) is 0 Å². The van der Waals surface area contributed by atoms with Crippen LogP contribution in [0, 0.1) is 0 Å². The maximum absolute atomic E-state index is 5.84. The monoisotopic (exact) mass is 236 g/mol. The Hall–Kier alpha value is -0.930. The van der Waals surface area contributed by atoms with Gasteiger partial charge < -0.3 is 0 Å². The molecule has 1 unspecified atom stereocenters. The third kappa shape index (κ3) is 1.56. The number of aromatic nitrogens is 2. The van der Waals surface area contributed by atoms with Crippen molar-refractivity contribution in [2.45, 2.75) is 18.8 Å². The smallest absolute Gasteiger partial charge is 0.140 e. The molecule has 1 aliphatic carbocycles. The van der Waals surface area contributed by atoms with Crippen LogP contribution in [0.5, 0.6) is 0 Å². The molecule has 1 aliphatic rings. The maximum atomic E-state index is 5.84. The quantitative estimate of drug-likeness (QED) is 0.760. The van der Waals surface area contributed by atoms with Crippen molar-refractivity contribution in [3.63, 3.8) is 0 Å². The molecular weight excluding hydrogens is 228 g/mol. The lowest BCUT2D eigenvalue weighted by Gasteiger charge is -2.05. The fourth-order valence-corrected chi connectivity index (χ4v) is 3.17. The number of nitrogens with zero attached hydrogens (tertiary/aromatic N) is 2. The Morgan fingerprint density at radius 1 is 1.47 bits per heavy atom. The Morgan fingerprint density at radius 2 is 2.40 bits per heavy atom. The zero-order chi connectivity index (χ0) is 10.3. The van der Waals surface area contributed by atoms with Crippen LogP contribution in [0.3, 0.4) is 0 Å². The molecule has 2 heterocycles. The first-order chi connectivity index (χ1) is 7.34. The first-order valence-corrected chi connectivity index (χ1v) is 6.15. The average molecular weight is 237 g/mol. The first-order valence-electron chi connectivity index (χ1n) is 4.89. The number of fused-ring (bicyclic) bond motifs is 1. The van der Waals surface area contributed by atoms with Crippen molar-refractivity contribution in [3.05, 3.63) is 45.1 Å². The molecule has 0 amide bonds. The predicted octanol–water partition coefficient (Wildman–Crippen LogP) is 3.27. The second kappa shape index (κ2) is 3.58. The molecule has 15 heavy (non-hydrogen) atoms. The lowest BCUT2D eigenvalue weighted by molar-refractivity contribution is 0.765. The van der Waals surface area contributed by atoms with E-state index in [0.29, 0.717) is 11.1 Å². The summed E-state index contributed by atoms with van der Waals surface area (Å²) < 4.78 is 0. The molecule has 0 fully saturated rings. The van der Waals surface area contributed by atoms with Crippen molar-refractivity contribution in [1.29, 1.82) is 0 Å². The SMILES string of the molecule is Clc1csc(C2CCc3cccnc32)n1. The predicted molar refractivity (Wildman–Crippen MR) is 61.5 cm³/mol. The highest BCUT2D eigenvalue weighted by Crippen LogP contribution is 2.38. The van der Waals surface area contributed by atoms with Gasteiger partial charge >= 0.3 is 0 Å². The van der Waals surface area contributed by atoms with Crippen LogP contribution in [-0.2, 0) is 6.42 Å². The van der Waals surface area contributed by atoms with E-state index in [-0.39, 0.29) is 0 Å². The molecule has 0 saturated heterocycles. The van der Waals surface area contributed by atoms with Gasteiger partial charge in [0.15, 0.2) is 0 Å². The second-order valence-electron chi connectivity index (χ2n) is 3.65. The number of thiazole rings is 1. The Bertz CT molecular complexity index is 495. The zero-order valence-corrected chi connectivity index (χ0v) is 9.55. The van der Waals surface area contributed by atoms with Gasteiger partial charge in [-0.05, 0) is 24.5 Å².